The first-order valence-corrected chi connectivity index (χ1v) is 4.82. The molecule has 0 saturated carbocycles. The quantitative estimate of drug-likeness (QED) is 0.559. The van der Waals surface area contributed by atoms with E-state index in [0.29, 0.717) is 5.52 Å². The number of benzene rings is 2. The molecule has 2 nitrogen and oxygen atoms in total. The van der Waals surface area contributed by atoms with E-state index < -0.39 is 0 Å². The van der Waals surface area contributed by atoms with Crippen molar-refractivity contribution in [3.05, 3.63) is 48.7 Å². The lowest BCUT2D eigenvalue weighted by atomic mass is 10.1. The molecule has 72 valence electrons. The summed E-state index contributed by atoms with van der Waals surface area (Å²) >= 11 is 0. The predicted octanol–water partition coefficient (Wildman–Crippen LogP) is 3.09. The molecule has 3 aromatic rings. The predicted molar refractivity (Wildman–Crippen MR) is 60.9 cm³/mol. The van der Waals surface area contributed by atoms with Gasteiger partial charge in [-0.1, -0.05) is 30.3 Å². The Morgan fingerprint density at radius 2 is 1.73 bits per heavy atom. The molecule has 2 aromatic carbocycles. The average Bonchev–Trinajstić information content (AvgIpc) is 2.30. The Balaban J connectivity index is 2.60. The van der Waals surface area contributed by atoms with E-state index in [1.54, 1.807) is 6.20 Å². The highest BCUT2D eigenvalue weighted by atomic mass is 16.3. The fourth-order valence-electron chi connectivity index (χ4n) is 1.87. The van der Waals surface area contributed by atoms with E-state index in [-0.39, 0.29) is 5.75 Å². The summed E-state index contributed by atoms with van der Waals surface area (Å²) in [5.74, 6) is 0.267. The third kappa shape index (κ3) is 1.15. The molecule has 0 amide bonds. The maximum Gasteiger partial charge on any atom is 0.149 e. The van der Waals surface area contributed by atoms with Gasteiger partial charge in [-0.2, -0.15) is 0 Å². The highest BCUT2D eigenvalue weighted by molar-refractivity contribution is 6.03. The molecule has 1 N–H and O–H groups in total. The summed E-state index contributed by atoms with van der Waals surface area (Å²) < 4.78 is 0. The zero-order valence-electron chi connectivity index (χ0n) is 8.01. The molecule has 1 aromatic heterocycles. The molecular formula is C13H9NO. The van der Waals surface area contributed by atoms with Gasteiger partial charge in [-0.15, -0.1) is 0 Å². The minimum Gasteiger partial charge on any atom is -0.505 e. The van der Waals surface area contributed by atoms with Crippen LogP contribution in [0.3, 0.4) is 0 Å². The number of fused-ring (bicyclic) bond motifs is 2. The molecule has 0 spiro atoms. The third-order valence-electron chi connectivity index (χ3n) is 2.59. The Hall–Kier alpha value is -2.09. The summed E-state index contributed by atoms with van der Waals surface area (Å²) in [6.45, 7) is 0. The van der Waals surface area contributed by atoms with Crippen molar-refractivity contribution in [1.29, 1.82) is 0 Å². The molecule has 0 atom stereocenters. The van der Waals surface area contributed by atoms with Crippen LogP contribution < -0.4 is 0 Å². The van der Waals surface area contributed by atoms with Gasteiger partial charge < -0.3 is 5.11 Å². The SMILES string of the molecule is Oc1c2ccccc2cc2cccnc12. The van der Waals surface area contributed by atoms with E-state index in [4.69, 9.17) is 0 Å². The van der Waals surface area contributed by atoms with Gasteiger partial charge in [0, 0.05) is 17.0 Å². The van der Waals surface area contributed by atoms with Crippen LogP contribution in [0.2, 0.25) is 0 Å². The molecule has 0 radical (unpaired) electrons. The molecular weight excluding hydrogens is 186 g/mol. The highest BCUT2D eigenvalue weighted by Crippen LogP contribution is 2.31. The molecule has 0 unspecified atom stereocenters. The molecule has 3 rings (SSSR count). The second-order valence-electron chi connectivity index (χ2n) is 3.52. The largest absolute Gasteiger partial charge is 0.505 e. The van der Waals surface area contributed by atoms with Crippen molar-refractivity contribution in [3.8, 4) is 5.75 Å². The lowest BCUT2D eigenvalue weighted by Gasteiger charge is -2.04. The lowest BCUT2D eigenvalue weighted by Crippen LogP contribution is -1.81. The van der Waals surface area contributed by atoms with E-state index >= 15 is 0 Å². The number of aromatic hydroxyl groups is 1. The zero-order chi connectivity index (χ0) is 10.3. The van der Waals surface area contributed by atoms with Gasteiger partial charge in [0.2, 0.25) is 0 Å². The second kappa shape index (κ2) is 2.95. The van der Waals surface area contributed by atoms with Crippen molar-refractivity contribution in [2.24, 2.45) is 0 Å². The van der Waals surface area contributed by atoms with Crippen LogP contribution in [0.15, 0.2) is 48.7 Å². The number of phenols is 1. The highest BCUT2D eigenvalue weighted by Gasteiger charge is 2.05. The Morgan fingerprint density at radius 3 is 2.67 bits per heavy atom. The van der Waals surface area contributed by atoms with Crippen LogP contribution >= 0.6 is 0 Å². The number of aromatic nitrogens is 1. The van der Waals surface area contributed by atoms with E-state index in [1.807, 2.05) is 42.5 Å². The van der Waals surface area contributed by atoms with Crippen LogP contribution in [-0.4, -0.2) is 10.1 Å². The van der Waals surface area contributed by atoms with E-state index in [1.165, 1.54) is 0 Å². The van der Waals surface area contributed by atoms with Crippen molar-refractivity contribution < 1.29 is 5.11 Å². The Kier molecular flexibility index (Phi) is 1.62. The number of nitrogens with zero attached hydrogens (tertiary/aromatic N) is 1. The van der Waals surface area contributed by atoms with Crippen molar-refractivity contribution in [2.75, 3.05) is 0 Å². The fourth-order valence-corrected chi connectivity index (χ4v) is 1.87. The Bertz CT molecular complexity index is 592. The Morgan fingerprint density at radius 1 is 0.933 bits per heavy atom. The number of rotatable bonds is 0. The van der Waals surface area contributed by atoms with Gasteiger partial charge in [0.15, 0.2) is 0 Å². The van der Waals surface area contributed by atoms with Crippen LogP contribution in [0.1, 0.15) is 0 Å². The molecule has 2 heteroatoms. The van der Waals surface area contributed by atoms with E-state index in [0.717, 1.165) is 16.2 Å². The summed E-state index contributed by atoms with van der Waals surface area (Å²) in [5, 5.41) is 12.9. The first kappa shape index (κ1) is 8.24. The Labute approximate surface area is 86.8 Å². The normalized spacial score (nSPS) is 10.9. The molecule has 15 heavy (non-hydrogen) atoms. The average molecular weight is 195 g/mol. The number of hydrogen-bond acceptors (Lipinski definition) is 2. The van der Waals surface area contributed by atoms with E-state index in [9.17, 15) is 5.11 Å². The number of hydrogen-bond donors (Lipinski definition) is 1. The summed E-state index contributed by atoms with van der Waals surface area (Å²) in [7, 11) is 0. The maximum atomic E-state index is 10.0. The van der Waals surface area contributed by atoms with Gasteiger partial charge in [-0.25, -0.2) is 0 Å². The third-order valence-corrected chi connectivity index (χ3v) is 2.59. The molecule has 0 fully saturated rings. The standard InChI is InChI=1S/C13H9NO/c15-13-11-6-2-1-4-9(11)8-10-5-3-7-14-12(10)13/h1-8,15H. The maximum absolute atomic E-state index is 10.0. The van der Waals surface area contributed by atoms with Crippen LogP contribution in [0, 0.1) is 0 Å². The fraction of sp³-hybridized carbons (Fsp3) is 0. The van der Waals surface area contributed by atoms with Crippen LogP contribution in [-0.2, 0) is 0 Å². The van der Waals surface area contributed by atoms with E-state index in [2.05, 4.69) is 4.98 Å². The van der Waals surface area contributed by atoms with Gasteiger partial charge in [-0.3, -0.25) is 4.98 Å². The molecule has 0 aliphatic carbocycles. The van der Waals surface area contributed by atoms with Gasteiger partial charge in [0.05, 0.1) is 0 Å². The summed E-state index contributed by atoms with van der Waals surface area (Å²) in [5.41, 5.74) is 0.663. The van der Waals surface area contributed by atoms with Crippen molar-refractivity contribution in [2.45, 2.75) is 0 Å². The van der Waals surface area contributed by atoms with Crippen LogP contribution in [0.5, 0.6) is 5.75 Å². The molecule has 0 aliphatic heterocycles. The summed E-state index contributed by atoms with van der Waals surface area (Å²) in [6, 6.07) is 13.6. The first-order valence-electron chi connectivity index (χ1n) is 4.82. The van der Waals surface area contributed by atoms with Crippen molar-refractivity contribution in [3.63, 3.8) is 0 Å². The minimum atomic E-state index is 0.267. The van der Waals surface area contributed by atoms with Gasteiger partial charge in [-0.05, 0) is 17.5 Å². The van der Waals surface area contributed by atoms with Crippen molar-refractivity contribution >= 4 is 21.7 Å². The van der Waals surface area contributed by atoms with Crippen molar-refractivity contribution in [1.82, 2.24) is 4.98 Å². The van der Waals surface area contributed by atoms with Crippen LogP contribution in [0.25, 0.3) is 21.7 Å². The number of phenolic OH excluding ortho intramolecular Hbond substituents is 1. The minimum absolute atomic E-state index is 0.267. The first-order chi connectivity index (χ1) is 7.36. The lowest BCUT2D eigenvalue weighted by molar-refractivity contribution is 0.486. The summed E-state index contributed by atoms with van der Waals surface area (Å²) in [4.78, 5) is 4.18. The zero-order valence-corrected chi connectivity index (χ0v) is 8.01. The molecule has 0 bridgehead atoms. The molecule has 1 heterocycles. The molecule has 0 saturated heterocycles. The molecule has 0 aliphatic rings. The summed E-state index contributed by atoms with van der Waals surface area (Å²) in [6.07, 6.45) is 1.69. The monoisotopic (exact) mass is 195 g/mol. The topological polar surface area (TPSA) is 33.1 Å². The van der Waals surface area contributed by atoms with Crippen LogP contribution in [0.4, 0.5) is 0 Å². The second-order valence-corrected chi connectivity index (χ2v) is 3.52. The number of pyridine rings is 1. The smallest absolute Gasteiger partial charge is 0.149 e. The van der Waals surface area contributed by atoms with Gasteiger partial charge in [0.1, 0.15) is 11.3 Å². The van der Waals surface area contributed by atoms with Gasteiger partial charge in [0.25, 0.3) is 0 Å². The van der Waals surface area contributed by atoms with Gasteiger partial charge >= 0.3 is 0 Å².